The van der Waals surface area contributed by atoms with Crippen LogP contribution in [0.5, 0.6) is 0 Å². The van der Waals surface area contributed by atoms with Crippen LogP contribution in [-0.4, -0.2) is 22.2 Å². The van der Waals surface area contributed by atoms with Crippen LogP contribution >= 0.6 is 11.8 Å². The van der Waals surface area contributed by atoms with Gasteiger partial charge in [-0.2, -0.15) is 0 Å². The highest BCUT2D eigenvalue weighted by molar-refractivity contribution is 8.15. The maximum atomic E-state index is 12.3. The van der Waals surface area contributed by atoms with Crippen molar-refractivity contribution in [2.75, 3.05) is 5.32 Å². The van der Waals surface area contributed by atoms with Crippen LogP contribution in [0.3, 0.4) is 0 Å². The average Bonchev–Trinajstić information content (AvgIpc) is 3.02. The molecule has 28 heavy (non-hydrogen) atoms. The molecule has 6 heteroatoms. The molecule has 1 aliphatic heterocycles. The van der Waals surface area contributed by atoms with Crippen molar-refractivity contribution in [1.82, 2.24) is 5.32 Å². The zero-order chi connectivity index (χ0) is 20.1. The van der Waals surface area contributed by atoms with Crippen LogP contribution in [0.2, 0.25) is 0 Å². The highest BCUT2D eigenvalue weighted by Gasteiger charge is 2.32. The Hall–Kier alpha value is -2.60. The zero-order valence-electron chi connectivity index (χ0n) is 16.4. The van der Waals surface area contributed by atoms with Gasteiger partial charge in [-0.15, -0.1) is 0 Å². The number of amides is 2. The van der Waals surface area contributed by atoms with Crippen LogP contribution in [0.25, 0.3) is 0 Å². The van der Waals surface area contributed by atoms with E-state index in [1.807, 2.05) is 37.3 Å². The SMILES string of the molecule is CCc1cccc(CC)c1N=C1NC(=O)[C@@H](CC(=O)Nc2ccc(C)cc2)S1. The zero-order valence-corrected chi connectivity index (χ0v) is 17.2. The third kappa shape index (κ3) is 4.81. The van der Waals surface area contributed by atoms with Gasteiger partial charge in [0.2, 0.25) is 11.8 Å². The van der Waals surface area contributed by atoms with Crippen LogP contribution < -0.4 is 10.6 Å². The van der Waals surface area contributed by atoms with Crippen LogP contribution in [-0.2, 0) is 22.4 Å². The first-order valence-corrected chi connectivity index (χ1v) is 10.4. The number of thioether (sulfide) groups is 1. The number of nitrogens with zero attached hydrogens (tertiary/aromatic N) is 1. The molecule has 0 bridgehead atoms. The number of aryl methyl sites for hydroxylation is 3. The topological polar surface area (TPSA) is 70.6 Å². The van der Waals surface area contributed by atoms with Gasteiger partial charge in [-0.3, -0.25) is 9.59 Å². The summed E-state index contributed by atoms with van der Waals surface area (Å²) >= 11 is 1.32. The first kappa shape index (κ1) is 20.1. The number of amidine groups is 1. The minimum absolute atomic E-state index is 0.111. The quantitative estimate of drug-likeness (QED) is 0.763. The summed E-state index contributed by atoms with van der Waals surface area (Å²) in [7, 11) is 0. The molecule has 0 radical (unpaired) electrons. The third-order valence-electron chi connectivity index (χ3n) is 4.66. The molecule has 1 fully saturated rings. The molecule has 0 aliphatic carbocycles. The normalized spacial score (nSPS) is 17.6. The van der Waals surface area contributed by atoms with Gasteiger partial charge >= 0.3 is 0 Å². The summed E-state index contributed by atoms with van der Waals surface area (Å²) in [5, 5.41) is 5.77. The van der Waals surface area contributed by atoms with Crippen molar-refractivity contribution < 1.29 is 9.59 Å². The summed E-state index contributed by atoms with van der Waals surface area (Å²) in [5.41, 5.74) is 5.10. The summed E-state index contributed by atoms with van der Waals surface area (Å²) in [6.45, 7) is 6.18. The number of nitrogens with one attached hydrogen (secondary N) is 2. The van der Waals surface area contributed by atoms with Gasteiger partial charge < -0.3 is 10.6 Å². The molecule has 1 saturated heterocycles. The minimum atomic E-state index is -0.469. The number of aliphatic imine (C=N–C) groups is 1. The van der Waals surface area contributed by atoms with Crippen LogP contribution in [0, 0.1) is 6.92 Å². The van der Waals surface area contributed by atoms with Crippen molar-refractivity contribution in [3.63, 3.8) is 0 Å². The molecule has 2 N–H and O–H groups in total. The molecule has 146 valence electrons. The highest BCUT2D eigenvalue weighted by atomic mass is 32.2. The lowest BCUT2D eigenvalue weighted by Crippen LogP contribution is -2.28. The number of carbonyl (C=O) groups excluding carboxylic acids is 2. The summed E-state index contributed by atoms with van der Waals surface area (Å²) in [6, 6.07) is 13.8. The molecule has 2 amide bonds. The Balaban J connectivity index is 1.69. The van der Waals surface area contributed by atoms with Crippen molar-refractivity contribution in [3.8, 4) is 0 Å². The Bertz CT molecular complexity index is 884. The molecular formula is C22H25N3O2S. The summed E-state index contributed by atoms with van der Waals surface area (Å²) < 4.78 is 0. The Morgan fingerprint density at radius 2 is 1.75 bits per heavy atom. The number of anilines is 1. The van der Waals surface area contributed by atoms with E-state index in [0.29, 0.717) is 5.17 Å². The Morgan fingerprint density at radius 3 is 2.36 bits per heavy atom. The van der Waals surface area contributed by atoms with E-state index in [4.69, 9.17) is 4.99 Å². The second kappa shape index (κ2) is 9.06. The lowest BCUT2D eigenvalue weighted by Gasteiger charge is -2.09. The molecule has 2 aromatic rings. The smallest absolute Gasteiger partial charge is 0.240 e. The van der Waals surface area contributed by atoms with Crippen molar-refractivity contribution >= 4 is 40.1 Å². The van der Waals surface area contributed by atoms with Crippen molar-refractivity contribution in [2.24, 2.45) is 4.99 Å². The van der Waals surface area contributed by atoms with Gasteiger partial charge in [0.15, 0.2) is 5.17 Å². The molecule has 2 aromatic carbocycles. The van der Waals surface area contributed by atoms with E-state index >= 15 is 0 Å². The maximum Gasteiger partial charge on any atom is 0.240 e. The molecule has 0 unspecified atom stereocenters. The van der Waals surface area contributed by atoms with E-state index < -0.39 is 5.25 Å². The Morgan fingerprint density at radius 1 is 1.11 bits per heavy atom. The van der Waals surface area contributed by atoms with Crippen LogP contribution in [0.15, 0.2) is 47.5 Å². The Labute approximate surface area is 170 Å². The molecule has 5 nitrogen and oxygen atoms in total. The van der Waals surface area contributed by atoms with Gasteiger partial charge in [0.1, 0.15) is 5.25 Å². The molecule has 1 atom stereocenters. The van der Waals surface area contributed by atoms with E-state index in [0.717, 1.165) is 40.9 Å². The largest absolute Gasteiger partial charge is 0.326 e. The first-order valence-electron chi connectivity index (χ1n) is 9.53. The van der Waals surface area contributed by atoms with E-state index in [-0.39, 0.29) is 18.2 Å². The minimum Gasteiger partial charge on any atom is -0.326 e. The standard InChI is InChI=1S/C22H25N3O2S/c1-4-15-7-6-8-16(5-2)20(15)24-22-25-21(27)18(28-22)13-19(26)23-17-11-9-14(3)10-12-17/h6-12,18H,4-5,13H2,1-3H3,(H,23,26)(H,24,25,27)/t18-/m1/s1. The van der Waals surface area contributed by atoms with Crippen LogP contribution in [0.4, 0.5) is 11.4 Å². The molecule has 0 spiro atoms. The van der Waals surface area contributed by atoms with E-state index in [9.17, 15) is 9.59 Å². The van der Waals surface area contributed by atoms with Gasteiger partial charge in [-0.25, -0.2) is 4.99 Å². The molecule has 0 aromatic heterocycles. The molecule has 0 saturated carbocycles. The fourth-order valence-electron chi connectivity index (χ4n) is 3.07. The lowest BCUT2D eigenvalue weighted by atomic mass is 10.0. The predicted octanol–water partition coefficient (Wildman–Crippen LogP) is 4.37. The number of hydrogen-bond acceptors (Lipinski definition) is 4. The molecule has 3 rings (SSSR count). The fourth-order valence-corrected chi connectivity index (χ4v) is 4.04. The van der Waals surface area contributed by atoms with Crippen LogP contribution in [0.1, 0.15) is 37.0 Å². The van der Waals surface area contributed by atoms with E-state index in [1.54, 1.807) is 0 Å². The monoisotopic (exact) mass is 395 g/mol. The predicted molar refractivity (Wildman–Crippen MR) is 116 cm³/mol. The Kier molecular flexibility index (Phi) is 6.52. The first-order chi connectivity index (χ1) is 13.5. The van der Waals surface area contributed by atoms with Crippen molar-refractivity contribution in [3.05, 3.63) is 59.2 Å². The lowest BCUT2D eigenvalue weighted by molar-refractivity contribution is -0.122. The maximum absolute atomic E-state index is 12.3. The number of para-hydroxylation sites is 1. The van der Waals surface area contributed by atoms with Gasteiger partial charge in [0.05, 0.1) is 5.69 Å². The number of hydrogen-bond donors (Lipinski definition) is 2. The molecular weight excluding hydrogens is 370 g/mol. The van der Waals surface area contributed by atoms with Crippen molar-refractivity contribution in [1.29, 1.82) is 0 Å². The third-order valence-corrected chi connectivity index (χ3v) is 5.74. The summed E-state index contributed by atoms with van der Waals surface area (Å²) in [4.78, 5) is 29.4. The number of benzene rings is 2. The summed E-state index contributed by atoms with van der Waals surface area (Å²) in [5.74, 6) is -0.351. The van der Waals surface area contributed by atoms with Gasteiger partial charge in [-0.1, -0.05) is 61.5 Å². The van der Waals surface area contributed by atoms with Gasteiger partial charge in [0, 0.05) is 12.1 Å². The highest BCUT2D eigenvalue weighted by Crippen LogP contribution is 2.30. The van der Waals surface area contributed by atoms with E-state index in [1.165, 1.54) is 11.8 Å². The number of carbonyl (C=O) groups is 2. The average molecular weight is 396 g/mol. The summed E-state index contributed by atoms with van der Waals surface area (Å²) in [6.07, 6.45) is 1.86. The second-order valence-corrected chi connectivity index (χ2v) is 7.95. The second-order valence-electron chi connectivity index (χ2n) is 6.76. The fraction of sp³-hybridized carbons (Fsp3) is 0.318. The molecule has 1 heterocycles. The van der Waals surface area contributed by atoms with Gasteiger partial charge in [0.25, 0.3) is 0 Å². The number of rotatable bonds is 6. The van der Waals surface area contributed by atoms with Gasteiger partial charge in [-0.05, 0) is 43.0 Å². The van der Waals surface area contributed by atoms with Crippen molar-refractivity contribution in [2.45, 2.75) is 45.3 Å². The molecule has 1 aliphatic rings. The van der Waals surface area contributed by atoms with E-state index in [2.05, 4.69) is 36.6 Å².